The zero-order chi connectivity index (χ0) is 9.42. The number of amides is 3. The van der Waals surface area contributed by atoms with E-state index in [9.17, 15) is 9.59 Å². The first kappa shape index (κ1) is 8.99. The Morgan fingerprint density at radius 1 is 1.31 bits per heavy atom. The molecule has 0 aromatic rings. The molecule has 2 N–H and O–H groups in total. The van der Waals surface area contributed by atoms with E-state index >= 15 is 0 Å². The number of alkyl halides is 1. The van der Waals surface area contributed by atoms with E-state index in [0.717, 1.165) is 19.3 Å². The standard InChI is InChI=1S/C8H11BrN2O2/c9-4-2-1-3-5-6(4)7(12)11-8(13)10-5/h4-6H,1-3H2,(H2,10,11,12,13). The summed E-state index contributed by atoms with van der Waals surface area (Å²) in [6.07, 6.45) is 2.97. The molecule has 3 atom stereocenters. The van der Waals surface area contributed by atoms with E-state index in [1.165, 1.54) is 0 Å². The summed E-state index contributed by atoms with van der Waals surface area (Å²) >= 11 is 3.48. The van der Waals surface area contributed by atoms with Gasteiger partial charge in [-0.05, 0) is 12.8 Å². The summed E-state index contributed by atoms with van der Waals surface area (Å²) in [5.41, 5.74) is 0. The number of carbonyl (C=O) groups excluding carboxylic acids is 2. The van der Waals surface area contributed by atoms with E-state index in [1.807, 2.05) is 0 Å². The maximum absolute atomic E-state index is 11.4. The van der Waals surface area contributed by atoms with E-state index in [4.69, 9.17) is 0 Å². The SMILES string of the molecule is O=C1NC(=O)C2C(Br)CCCC2N1. The molecule has 2 rings (SSSR count). The topological polar surface area (TPSA) is 58.2 Å². The van der Waals surface area contributed by atoms with Gasteiger partial charge in [0.05, 0.1) is 5.92 Å². The van der Waals surface area contributed by atoms with Crippen molar-refractivity contribution in [1.29, 1.82) is 0 Å². The van der Waals surface area contributed by atoms with E-state index in [-0.39, 0.29) is 28.7 Å². The molecule has 3 unspecified atom stereocenters. The van der Waals surface area contributed by atoms with Crippen LogP contribution in [0.5, 0.6) is 0 Å². The Morgan fingerprint density at radius 3 is 2.85 bits per heavy atom. The molecule has 1 saturated carbocycles. The molecule has 2 aliphatic rings. The third kappa shape index (κ3) is 1.57. The average Bonchev–Trinajstić information content (AvgIpc) is 2.02. The van der Waals surface area contributed by atoms with Crippen LogP contribution in [0.4, 0.5) is 4.79 Å². The average molecular weight is 247 g/mol. The maximum atomic E-state index is 11.4. The number of imide groups is 1. The molecule has 1 heterocycles. The number of nitrogens with one attached hydrogen (secondary N) is 2. The normalized spacial score (nSPS) is 39.0. The summed E-state index contributed by atoms with van der Waals surface area (Å²) in [5.74, 6) is -0.234. The zero-order valence-corrected chi connectivity index (χ0v) is 8.63. The minimum absolute atomic E-state index is 0.0272. The van der Waals surface area contributed by atoms with Gasteiger partial charge in [0.25, 0.3) is 0 Å². The lowest BCUT2D eigenvalue weighted by Gasteiger charge is -2.37. The molecule has 2 fully saturated rings. The highest BCUT2D eigenvalue weighted by Gasteiger charge is 2.41. The Bertz CT molecular complexity index is 257. The van der Waals surface area contributed by atoms with Gasteiger partial charge >= 0.3 is 6.03 Å². The van der Waals surface area contributed by atoms with Gasteiger partial charge in [0.15, 0.2) is 0 Å². The van der Waals surface area contributed by atoms with E-state index < -0.39 is 0 Å². The van der Waals surface area contributed by atoms with Gasteiger partial charge in [-0.25, -0.2) is 4.79 Å². The zero-order valence-electron chi connectivity index (χ0n) is 7.05. The van der Waals surface area contributed by atoms with Crippen LogP contribution in [0.25, 0.3) is 0 Å². The van der Waals surface area contributed by atoms with Gasteiger partial charge < -0.3 is 5.32 Å². The molecule has 1 aliphatic carbocycles. The molecule has 0 radical (unpaired) electrons. The number of carbonyl (C=O) groups is 2. The van der Waals surface area contributed by atoms with Crippen molar-refractivity contribution >= 4 is 27.9 Å². The quantitative estimate of drug-likeness (QED) is 0.621. The van der Waals surface area contributed by atoms with Crippen molar-refractivity contribution in [2.45, 2.75) is 30.1 Å². The van der Waals surface area contributed by atoms with Crippen LogP contribution in [-0.2, 0) is 4.79 Å². The molecular weight excluding hydrogens is 236 g/mol. The fourth-order valence-electron chi connectivity index (χ4n) is 2.05. The van der Waals surface area contributed by atoms with Crippen molar-refractivity contribution in [2.75, 3.05) is 0 Å². The van der Waals surface area contributed by atoms with Gasteiger partial charge in [0.1, 0.15) is 0 Å². The molecule has 72 valence electrons. The van der Waals surface area contributed by atoms with Crippen LogP contribution >= 0.6 is 15.9 Å². The van der Waals surface area contributed by atoms with Crippen LogP contribution in [0.2, 0.25) is 0 Å². The van der Waals surface area contributed by atoms with Gasteiger partial charge in [0, 0.05) is 10.9 Å². The minimum atomic E-state index is -0.354. The first-order valence-electron chi connectivity index (χ1n) is 4.44. The molecule has 0 bridgehead atoms. The first-order chi connectivity index (χ1) is 6.18. The van der Waals surface area contributed by atoms with Crippen LogP contribution in [0.1, 0.15) is 19.3 Å². The second-order valence-electron chi connectivity index (χ2n) is 3.54. The van der Waals surface area contributed by atoms with Crippen molar-refractivity contribution in [2.24, 2.45) is 5.92 Å². The summed E-state index contributed by atoms with van der Waals surface area (Å²) in [7, 11) is 0. The number of hydrogen-bond acceptors (Lipinski definition) is 2. The van der Waals surface area contributed by atoms with Crippen LogP contribution < -0.4 is 10.6 Å². The highest BCUT2D eigenvalue weighted by molar-refractivity contribution is 9.09. The molecule has 1 aliphatic heterocycles. The maximum Gasteiger partial charge on any atom is 0.321 e. The third-order valence-corrected chi connectivity index (χ3v) is 3.70. The smallest absolute Gasteiger partial charge is 0.321 e. The van der Waals surface area contributed by atoms with Gasteiger partial charge in [-0.3, -0.25) is 10.1 Å². The van der Waals surface area contributed by atoms with Crippen molar-refractivity contribution in [3.05, 3.63) is 0 Å². The van der Waals surface area contributed by atoms with Crippen LogP contribution in [0, 0.1) is 5.92 Å². The Balaban J connectivity index is 2.17. The predicted octanol–water partition coefficient (Wildman–Crippen LogP) is 0.758. The van der Waals surface area contributed by atoms with Crippen molar-refractivity contribution in [1.82, 2.24) is 10.6 Å². The molecule has 0 aromatic carbocycles. The second kappa shape index (κ2) is 3.29. The van der Waals surface area contributed by atoms with Crippen molar-refractivity contribution in [3.63, 3.8) is 0 Å². The van der Waals surface area contributed by atoms with Crippen LogP contribution in [0.15, 0.2) is 0 Å². The van der Waals surface area contributed by atoms with Crippen molar-refractivity contribution in [3.8, 4) is 0 Å². The highest BCUT2D eigenvalue weighted by atomic mass is 79.9. The van der Waals surface area contributed by atoms with E-state index in [1.54, 1.807) is 0 Å². The monoisotopic (exact) mass is 246 g/mol. The van der Waals surface area contributed by atoms with Gasteiger partial charge in [-0.1, -0.05) is 22.4 Å². The summed E-state index contributed by atoms with van der Waals surface area (Å²) in [5, 5.41) is 5.07. The molecule has 3 amide bonds. The Kier molecular flexibility index (Phi) is 2.27. The Hall–Kier alpha value is -0.580. The lowest BCUT2D eigenvalue weighted by atomic mass is 9.83. The fourth-order valence-corrected chi connectivity index (χ4v) is 2.98. The van der Waals surface area contributed by atoms with Gasteiger partial charge in [0.2, 0.25) is 5.91 Å². The summed E-state index contributed by atoms with van der Waals surface area (Å²) < 4.78 is 0. The lowest BCUT2D eigenvalue weighted by molar-refractivity contribution is -0.126. The second-order valence-corrected chi connectivity index (χ2v) is 4.72. The summed E-state index contributed by atoms with van der Waals surface area (Å²) in [4.78, 5) is 22.6. The number of urea groups is 1. The Morgan fingerprint density at radius 2 is 2.08 bits per heavy atom. The molecule has 5 heteroatoms. The minimum Gasteiger partial charge on any atom is -0.334 e. The van der Waals surface area contributed by atoms with Gasteiger partial charge in [-0.15, -0.1) is 0 Å². The summed E-state index contributed by atoms with van der Waals surface area (Å²) in [6, 6.07) is -0.327. The number of halogens is 1. The van der Waals surface area contributed by atoms with Gasteiger partial charge in [-0.2, -0.15) is 0 Å². The van der Waals surface area contributed by atoms with E-state index in [0.29, 0.717) is 0 Å². The molecule has 4 nitrogen and oxygen atoms in total. The molecule has 0 aromatic heterocycles. The van der Waals surface area contributed by atoms with E-state index in [2.05, 4.69) is 26.6 Å². The third-order valence-electron chi connectivity index (χ3n) is 2.67. The first-order valence-corrected chi connectivity index (χ1v) is 5.35. The summed E-state index contributed by atoms with van der Waals surface area (Å²) in [6.45, 7) is 0. The highest BCUT2D eigenvalue weighted by Crippen LogP contribution is 2.31. The predicted molar refractivity (Wildman–Crippen MR) is 50.5 cm³/mol. The molecule has 0 spiro atoms. The molecular formula is C8H11BrN2O2. The van der Waals surface area contributed by atoms with Crippen molar-refractivity contribution < 1.29 is 9.59 Å². The molecule has 1 saturated heterocycles. The number of hydrogen-bond donors (Lipinski definition) is 2. The number of rotatable bonds is 0. The van der Waals surface area contributed by atoms with Crippen LogP contribution in [-0.4, -0.2) is 22.8 Å². The largest absolute Gasteiger partial charge is 0.334 e. The Labute approximate surface area is 84.6 Å². The number of fused-ring (bicyclic) bond motifs is 1. The molecule has 13 heavy (non-hydrogen) atoms. The lowest BCUT2D eigenvalue weighted by Crippen LogP contribution is -2.61. The fraction of sp³-hybridized carbons (Fsp3) is 0.750. The van der Waals surface area contributed by atoms with Crippen LogP contribution in [0.3, 0.4) is 0 Å².